The van der Waals surface area contributed by atoms with E-state index in [1.54, 1.807) is 18.3 Å². The third-order valence-corrected chi connectivity index (χ3v) is 12.8. The van der Waals surface area contributed by atoms with Gasteiger partial charge in [-0.3, -0.25) is 34.2 Å². The quantitative estimate of drug-likeness (QED) is 0.212. The number of carbonyl (C=O) groups is 5. The Morgan fingerprint density at radius 1 is 0.803 bits per heavy atom. The number of hydrogen-bond donors (Lipinski definition) is 2. The van der Waals surface area contributed by atoms with E-state index in [2.05, 4.69) is 35.2 Å². The summed E-state index contributed by atoms with van der Waals surface area (Å²) in [6, 6.07) is 11.9. The topological polar surface area (TPSA) is 143 Å². The van der Waals surface area contributed by atoms with Crippen LogP contribution >= 0.6 is 0 Å². The standard InChI is InChI=1S/C44H48F3N9O5/c1-48-36-6-4-32(25-35(36)44(45,46)47)55-18-13-30(14-19-55)40(58)50-38-8-2-28(26-49-38)10-15-52-20-22-53(23-21-52)27-29-11-16-54(17-12-29)31-3-5-33-34(24-31)43(61)56(42(33)60)37-7-9-39(57)51-41(37)59/h2-6,8,24-26,29-30,37H,7,9-23,27H2,(H,49,50,58)(H,51,57,59). The smallest absolute Gasteiger partial charge is 0.372 e. The van der Waals surface area contributed by atoms with Crippen LogP contribution in [0.25, 0.3) is 4.85 Å². The van der Waals surface area contributed by atoms with Crippen molar-refractivity contribution in [1.29, 1.82) is 0 Å². The first-order valence-electron chi connectivity index (χ1n) is 21.0. The molecule has 0 aliphatic carbocycles. The lowest BCUT2D eigenvalue weighted by Crippen LogP contribution is -2.54. The van der Waals surface area contributed by atoms with Crippen LogP contribution in [0.3, 0.4) is 0 Å². The molecule has 1 atom stereocenters. The highest BCUT2D eigenvalue weighted by atomic mass is 19.4. The number of hydrogen-bond acceptors (Lipinski definition) is 10. The van der Waals surface area contributed by atoms with Gasteiger partial charge in [0.05, 0.1) is 23.3 Å². The summed E-state index contributed by atoms with van der Waals surface area (Å²) in [7, 11) is 0. The Morgan fingerprint density at radius 2 is 1.46 bits per heavy atom. The van der Waals surface area contributed by atoms with Crippen LogP contribution in [0.2, 0.25) is 0 Å². The van der Waals surface area contributed by atoms with Crippen LogP contribution in [0, 0.1) is 18.4 Å². The van der Waals surface area contributed by atoms with Crippen molar-refractivity contribution in [3.8, 4) is 0 Å². The molecule has 17 heteroatoms. The molecular formula is C44H48F3N9O5. The van der Waals surface area contributed by atoms with E-state index in [0.29, 0.717) is 48.9 Å². The first-order chi connectivity index (χ1) is 29.3. The zero-order valence-electron chi connectivity index (χ0n) is 33.8. The summed E-state index contributed by atoms with van der Waals surface area (Å²) in [5, 5.41) is 5.14. The molecule has 0 spiro atoms. The maximum absolute atomic E-state index is 13.5. The molecule has 320 valence electrons. The second kappa shape index (κ2) is 17.6. The van der Waals surface area contributed by atoms with Crippen molar-refractivity contribution >= 4 is 52.4 Å². The number of amides is 5. The molecule has 5 amide bonds. The minimum atomic E-state index is -4.62. The number of benzene rings is 2. The summed E-state index contributed by atoms with van der Waals surface area (Å²) in [4.78, 5) is 81.1. The van der Waals surface area contributed by atoms with Crippen molar-refractivity contribution in [3.05, 3.63) is 88.4 Å². The molecule has 4 saturated heterocycles. The number of alkyl halides is 3. The van der Waals surface area contributed by atoms with Gasteiger partial charge in [0.1, 0.15) is 11.9 Å². The van der Waals surface area contributed by atoms with Crippen LogP contribution in [-0.2, 0) is 27.0 Å². The van der Waals surface area contributed by atoms with Crippen molar-refractivity contribution in [2.45, 2.75) is 57.2 Å². The summed E-state index contributed by atoms with van der Waals surface area (Å²) >= 11 is 0. The predicted octanol–water partition coefficient (Wildman–Crippen LogP) is 4.98. The zero-order valence-corrected chi connectivity index (χ0v) is 33.8. The van der Waals surface area contributed by atoms with Gasteiger partial charge >= 0.3 is 6.18 Å². The van der Waals surface area contributed by atoms with Crippen molar-refractivity contribution < 1.29 is 37.1 Å². The van der Waals surface area contributed by atoms with E-state index < -0.39 is 47.1 Å². The van der Waals surface area contributed by atoms with E-state index in [4.69, 9.17) is 6.57 Å². The van der Waals surface area contributed by atoms with Gasteiger partial charge in [-0.2, -0.15) is 13.2 Å². The number of nitrogens with zero attached hydrogens (tertiary/aromatic N) is 7. The van der Waals surface area contributed by atoms with Crippen LogP contribution in [0.1, 0.15) is 70.4 Å². The molecule has 1 aromatic heterocycles. The number of rotatable bonds is 10. The van der Waals surface area contributed by atoms with E-state index in [1.165, 1.54) is 12.1 Å². The first-order valence-corrected chi connectivity index (χ1v) is 21.0. The average molecular weight is 840 g/mol. The average Bonchev–Trinajstić information content (AvgIpc) is 3.51. The minimum absolute atomic E-state index is 0.0843. The summed E-state index contributed by atoms with van der Waals surface area (Å²) in [5.41, 5.74) is 1.58. The molecule has 3 aromatic rings. The molecule has 0 bridgehead atoms. The molecule has 2 N–H and O–H groups in total. The number of piperazine rings is 1. The fourth-order valence-electron chi connectivity index (χ4n) is 9.20. The van der Waals surface area contributed by atoms with Gasteiger partial charge in [-0.25, -0.2) is 9.83 Å². The second-order valence-electron chi connectivity index (χ2n) is 16.6. The molecule has 2 aromatic carbocycles. The van der Waals surface area contributed by atoms with Gasteiger partial charge in [-0.1, -0.05) is 12.1 Å². The van der Waals surface area contributed by atoms with E-state index in [0.717, 1.165) is 93.8 Å². The van der Waals surface area contributed by atoms with Crippen LogP contribution in [0.15, 0.2) is 54.7 Å². The first kappa shape index (κ1) is 41.9. The number of anilines is 3. The predicted molar refractivity (Wildman–Crippen MR) is 220 cm³/mol. The number of nitrogens with one attached hydrogen (secondary N) is 2. The number of fused-ring (bicyclic) bond motifs is 1. The molecule has 1 unspecified atom stereocenters. The van der Waals surface area contributed by atoms with E-state index >= 15 is 0 Å². The molecular weight excluding hydrogens is 792 g/mol. The third kappa shape index (κ3) is 9.25. The van der Waals surface area contributed by atoms with Gasteiger partial charge in [-0.15, -0.1) is 0 Å². The summed E-state index contributed by atoms with van der Waals surface area (Å²) < 4.78 is 40.4. The van der Waals surface area contributed by atoms with Gasteiger partial charge < -0.3 is 24.9 Å². The highest BCUT2D eigenvalue weighted by molar-refractivity contribution is 6.23. The van der Waals surface area contributed by atoms with Gasteiger partial charge in [0.2, 0.25) is 17.7 Å². The largest absolute Gasteiger partial charge is 0.407 e. The van der Waals surface area contributed by atoms with Crippen molar-refractivity contribution in [2.24, 2.45) is 11.8 Å². The van der Waals surface area contributed by atoms with Gasteiger partial charge in [0, 0.05) is 95.4 Å². The van der Waals surface area contributed by atoms with Gasteiger partial charge in [-0.05, 0) is 86.4 Å². The number of halogens is 3. The third-order valence-electron chi connectivity index (χ3n) is 12.8. The van der Waals surface area contributed by atoms with Crippen LogP contribution < -0.4 is 20.4 Å². The maximum Gasteiger partial charge on any atom is 0.407 e. The molecule has 0 saturated carbocycles. The highest BCUT2D eigenvalue weighted by Crippen LogP contribution is 2.39. The van der Waals surface area contributed by atoms with Crippen LogP contribution in [0.4, 0.5) is 36.1 Å². The Bertz CT molecular complexity index is 2220. The molecule has 61 heavy (non-hydrogen) atoms. The van der Waals surface area contributed by atoms with Crippen LogP contribution in [-0.4, -0.2) is 121 Å². The molecule has 6 heterocycles. The van der Waals surface area contributed by atoms with E-state index in [1.807, 2.05) is 23.1 Å². The molecule has 4 fully saturated rings. The van der Waals surface area contributed by atoms with Gasteiger partial charge in [0.25, 0.3) is 11.8 Å². The Morgan fingerprint density at radius 3 is 2.11 bits per heavy atom. The lowest BCUT2D eigenvalue weighted by Gasteiger charge is -2.39. The summed E-state index contributed by atoms with van der Waals surface area (Å²) in [6.45, 7) is 15.5. The second-order valence-corrected chi connectivity index (χ2v) is 16.6. The fraction of sp³-hybridized carbons (Fsp3) is 0.477. The molecule has 5 aliphatic heterocycles. The van der Waals surface area contributed by atoms with E-state index in [9.17, 15) is 37.1 Å². The van der Waals surface area contributed by atoms with E-state index in [-0.39, 0.29) is 30.2 Å². The minimum Gasteiger partial charge on any atom is -0.372 e. The maximum atomic E-state index is 13.5. The number of carbonyl (C=O) groups excluding carboxylic acids is 5. The number of imide groups is 2. The molecule has 8 rings (SSSR count). The normalized spacial score (nSPS) is 21.1. The van der Waals surface area contributed by atoms with Crippen molar-refractivity contribution in [2.75, 3.05) is 80.6 Å². The Labute approximate surface area is 351 Å². The number of aromatic nitrogens is 1. The SMILES string of the molecule is [C-]#[N+]c1ccc(N2CCC(C(=O)Nc3ccc(CCN4CCN(CC5CCN(c6ccc7c(c6)C(=O)N(C6CCC(=O)NC6=O)C7=O)CC5)CC4)cn3)CC2)cc1C(F)(F)F. The number of piperidine rings is 3. The molecule has 5 aliphatic rings. The van der Waals surface area contributed by atoms with Gasteiger partial charge in [0.15, 0.2) is 5.69 Å². The number of pyridine rings is 1. The summed E-state index contributed by atoms with van der Waals surface area (Å²) in [5.74, 6) is -1.41. The monoisotopic (exact) mass is 839 g/mol. The molecule has 14 nitrogen and oxygen atoms in total. The van der Waals surface area contributed by atoms with Crippen LogP contribution in [0.5, 0.6) is 0 Å². The Balaban J connectivity index is 0.728. The summed E-state index contributed by atoms with van der Waals surface area (Å²) in [6.07, 6.45) is 1.25. The Kier molecular flexibility index (Phi) is 12.1. The van der Waals surface area contributed by atoms with Crippen molar-refractivity contribution in [1.82, 2.24) is 25.0 Å². The van der Waals surface area contributed by atoms with Crippen molar-refractivity contribution in [3.63, 3.8) is 0 Å². The molecule has 0 radical (unpaired) electrons. The lowest BCUT2D eigenvalue weighted by molar-refractivity contribution is -0.137. The Hall–Kier alpha value is -5.86. The fourth-order valence-corrected chi connectivity index (χ4v) is 9.20. The zero-order chi connectivity index (χ0) is 42.8. The lowest BCUT2D eigenvalue weighted by atomic mass is 9.95. The highest BCUT2D eigenvalue weighted by Gasteiger charge is 2.45.